The number of hydrogen-bond acceptors (Lipinski definition) is 2. The first-order valence-corrected chi connectivity index (χ1v) is 17.9. The van der Waals surface area contributed by atoms with Crippen LogP contribution in [0.4, 0.5) is 0 Å². The Balaban J connectivity index is 1.52. The molecule has 2 aliphatic rings. The van der Waals surface area contributed by atoms with E-state index < -0.39 is 5.41 Å². The Morgan fingerprint density at radius 1 is 0.500 bits per heavy atom. The van der Waals surface area contributed by atoms with E-state index in [-0.39, 0.29) is 15.0 Å². The van der Waals surface area contributed by atoms with Crippen LogP contribution in [0.1, 0.15) is 22.3 Å². The van der Waals surface area contributed by atoms with Gasteiger partial charge in [-0.3, -0.25) is 0 Å². The summed E-state index contributed by atoms with van der Waals surface area (Å²) in [6.07, 6.45) is 0. The molecule has 0 saturated heterocycles. The Bertz CT molecular complexity index is 2310. The van der Waals surface area contributed by atoms with Gasteiger partial charge in [-0.1, -0.05) is 0 Å². The van der Waals surface area contributed by atoms with Gasteiger partial charge in [-0.25, -0.2) is 0 Å². The molecule has 5 heteroatoms. The number of halogens is 2. The van der Waals surface area contributed by atoms with E-state index in [0.29, 0.717) is 0 Å². The normalized spacial score (nSPS) is 14.5. The first-order chi connectivity index (χ1) is 20.7. The van der Waals surface area contributed by atoms with Crippen molar-refractivity contribution in [3.63, 3.8) is 0 Å². The van der Waals surface area contributed by atoms with Gasteiger partial charge in [0.1, 0.15) is 0 Å². The van der Waals surface area contributed by atoms with Crippen molar-refractivity contribution in [2.24, 2.45) is 0 Å². The summed E-state index contributed by atoms with van der Waals surface area (Å²) in [5.41, 5.74) is 7.40. The molecule has 10 rings (SSSR count). The molecule has 1 spiro atoms. The van der Waals surface area contributed by atoms with Gasteiger partial charge in [-0.2, -0.15) is 0 Å². The standard InChI is InChI=1S/C37H18Cl2S2Se/c38-25-17-23-33(35-31(25)19-9-1-5-13-27(19)40-35)34-24(18-26(39)32-20-10-2-6-14-28(20)41-36(32)34)37(23)21-11-3-7-15-29(21)42-30-16-8-4-12-22(30)37/h1-18H. The predicted molar refractivity (Wildman–Crippen MR) is 185 cm³/mol. The van der Waals surface area contributed by atoms with E-state index in [2.05, 4.69) is 109 Å². The van der Waals surface area contributed by atoms with E-state index in [1.165, 1.54) is 71.9 Å². The average Bonchev–Trinajstić information content (AvgIpc) is 3.67. The van der Waals surface area contributed by atoms with Gasteiger partial charge in [-0.05, 0) is 0 Å². The van der Waals surface area contributed by atoms with Crippen LogP contribution in [0.15, 0.2) is 109 Å². The topological polar surface area (TPSA) is 0 Å². The van der Waals surface area contributed by atoms with Crippen LogP contribution in [0.2, 0.25) is 10.0 Å². The Morgan fingerprint density at radius 2 is 0.929 bits per heavy atom. The van der Waals surface area contributed by atoms with Crippen LogP contribution in [-0.4, -0.2) is 15.0 Å². The van der Waals surface area contributed by atoms with Gasteiger partial charge in [0, 0.05) is 0 Å². The summed E-state index contributed by atoms with van der Waals surface area (Å²) in [6.45, 7) is 0. The third kappa shape index (κ3) is 2.85. The summed E-state index contributed by atoms with van der Waals surface area (Å²) in [5.74, 6) is 0. The molecule has 1 aliphatic carbocycles. The molecule has 0 unspecified atom stereocenters. The van der Waals surface area contributed by atoms with Crippen LogP contribution in [-0.2, 0) is 5.41 Å². The number of thiophene rings is 2. The minimum atomic E-state index is -0.500. The van der Waals surface area contributed by atoms with Crippen molar-refractivity contribution < 1.29 is 0 Å². The third-order valence-electron chi connectivity index (χ3n) is 9.06. The average molecular weight is 677 g/mol. The summed E-state index contributed by atoms with van der Waals surface area (Å²) >= 11 is 18.7. The molecule has 0 radical (unpaired) electrons. The summed E-state index contributed by atoms with van der Waals surface area (Å²) in [6, 6.07) is 40.0. The SMILES string of the molecule is Clc1cc2c(c3sc4ccccc4c13)-c1c(cc(Cl)c3c1sc1ccccc13)C21c2ccccc2[Se]c2ccccc21. The third-order valence-corrected chi connectivity index (χ3v) is 14.5. The van der Waals surface area contributed by atoms with E-state index in [0.717, 1.165) is 20.8 Å². The molecule has 0 bridgehead atoms. The first-order valence-electron chi connectivity index (χ1n) is 13.8. The molecule has 1 aliphatic heterocycles. The van der Waals surface area contributed by atoms with Crippen LogP contribution >= 0.6 is 45.9 Å². The number of hydrogen-bond donors (Lipinski definition) is 0. The van der Waals surface area contributed by atoms with Gasteiger partial charge in [0.25, 0.3) is 0 Å². The maximum atomic E-state index is 7.36. The number of fused-ring (bicyclic) bond motifs is 17. The van der Waals surface area contributed by atoms with Gasteiger partial charge < -0.3 is 0 Å². The zero-order chi connectivity index (χ0) is 27.7. The molecule has 0 N–H and O–H groups in total. The monoisotopic (exact) mass is 676 g/mol. The van der Waals surface area contributed by atoms with Crippen molar-refractivity contribution in [2.75, 3.05) is 0 Å². The van der Waals surface area contributed by atoms with E-state index in [9.17, 15) is 0 Å². The van der Waals surface area contributed by atoms with Crippen LogP contribution in [0.25, 0.3) is 51.5 Å². The fourth-order valence-electron chi connectivity index (χ4n) is 7.51. The van der Waals surface area contributed by atoms with Crippen molar-refractivity contribution in [1.29, 1.82) is 0 Å². The zero-order valence-corrected chi connectivity index (χ0v) is 26.7. The van der Waals surface area contributed by atoms with Gasteiger partial charge in [-0.15, -0.1) is 0 Å². The van der Waals surface area contributed by atoms with Crippen LogP contribution in [0, 0.1) is 0 Å². The van der Waals surface area contributed by atoms with Crippen molar-refractivity contribution >= 4 is 110 Å². The van der Waals surface area contributed by atoms with Gasteiger partial charge in [0.15, 0.2) is 0 Å². The van der Waals surface area contributed by atoms with Crippen LogP contribution in [0.5, 0.6) is 0 Å². The molecular formula is C37H18Cl2S2Se. The van der Waals surface area contributed by atoms with Gasteiger partial charge in [0.2, 0.25) is 0 Å². The van der Waals surface area contributed by atoms with E-state index in [4.69, 9.17) is 23.2 Å². The molecule has 8 aromatic rings. The summed E-state index contributed by atoms with van der Waals surface area (Å²) < 4.78 is 7.90. The Morgan fingerprint density at radius 3 is 1.43 bits per heavy atom. The van der Waals surface area contributed by atoms with Crippen molar-refractivity contribution in [1.82, 2.24) is 0 Å². The van der Waals surface area contributed by atoms with Gasteiger partial charge in [0.05, 0.1) is 0 Å². The molecule has 0 nitrogen and oxygen atoms in total. The maximum absolute atomic E-state index is 7.36. The van der Waals surface area contributed by atoms with Crippen molar-refractivity contribution in [3.05, 3.63) is 141 Å². The predicted octanol–water partition coefficient (Wildman–Crippen LogP) is 10.1. The fourth-order valence-corrected chi connectivity index (χ4v) is 13.3. The Hall–Kier alpha value is -3.14. The molecule has 0 amide bonds. The molecule has 3 heterocycles. The molecule has 42 heavy (non-hydrogen) atoms. The molecule has 6 aromatic carbocycles. The van der Waals surface area contributed by atoms with Gasteiger partial charge >= 0.3 is 268 Å². The molecule has 0 atom stereocenters. The second-order valence-corrected chi connectivity index (χ2v) is 16.2. The summed E-state index contributed by atoms with van der Waals surface area (Å²) in [5, 5.41) is 6.40. The molecular weight excluding hydrogens is 658 g/mol. The molecule has 0 saturated carbocycles. The molecule has 198 valence electrons. The van der Waals surface area contributed by atoms with E-state index in [1.54, 1.807) is 0 Å². The molecule has 2 aromatic heterocycles. The van der Waals surface area contributed by atoms with Crippen molar-refractivity contribution in [3.8, 4) is 11.1 Å². The second kappa shape index (κ2) is 8.48. The van der Waals surface area contributed by atoms with E-state index >= 15 is 0 Å². The second-order valence-electron chi connectivity index (χ2n) is 11.0. The number of benzene rings is 6. The van der Waals surface area contributed by atoms with Crippen LogP contribution in [0.3, 0.4) is 0 Å². The molecule has 0 fully saturated rings. The summed E-state index contributed by atoms with van der Waals surface area (Å²) in [7, 11) is 0. The Labute approximate surface area is 266 Å². The zero-order valence-electron chi connectivity index (χ0n) is 21.9. The first kappa shape index (κ1) is 24.3. The van der Waals surface area contributed by atoms with E-state index in [1.807, 2.05) is 22.7 Å². The quantitative estimate of drug-likeness (QED) is 0.140. The number of rotatable bonds is 0. The fraction of sp³-hybridized carbons (Fsp3) is 0.0270. The van der Waals surface area contributed by atoms with Crippen molar-refractivity contribution in [2.45, 2.75) is 5.41 Å². The minimum absolute atomic E-state index is 0.207. The summed E-state index contributed by atoms with van der Waals surface area (Å²) in [4.78, 5) is 0. The van der Waals surface area contributed by atoms with Crippen LogP contribution < -0.4 is 8.92 Å². The Kier molecular flexibility index (Phi) is 4.91.